The van der Waals surface area contributed by atoms with Gasteiger partial charge in [0, 0.05) is 12.6 Å². The lowest BCUT2D eigenvalue weighted by Crippen LogP contribution is -2.23. The van der Waals surface area contributed by atoms with Crippen molar-refractivity contribution in [2.45, 2.75) is 58.4 Å². The largest absolute Gasteiger partial charge is 0.294 e. The van der Waals surface area contributed by atoms with Gasteiger partial charge in [-0.05, 0) is 18.8 Å². The molecule has 0 aliphatic heterocycles. The van der Waals surface area contributed by atoms with Crippen LogP contribution in [0.3, 0.4) is 0 Å². The highest BCUT2D eigenvalue weighted by Gasteiger charge is 2.26. The predicted octanol–water partition coefficient (Wildman–Crippen LogP) is 3.62. The van der Waals surface area contributed by atoms with E-state index in [0.717, 1.165) is 11.5 Å². The van der Waals surface area contributed by atoms with Gasteiger partial charge in [0.15, 0.2) is 5.78 Å². The molecule has 0 bridgehead atoms. The molecular weight excluding hydrogens is 212 g/mol. The van der Waals surface area contributed by atoms with Crippen LogP contribution in [0.25, 0.3) is 0 Å². The Bertz CT molecular complexity index is 383. The van der Waals surface area contributed by atoms with Crippen molar-refractivity contribution < 1.29 is 4.79 Å². The average Bonchev–Trinajstić information content (AvgIpc) is 2.87. The molecule has 1 fully saturated rings. The van der Waals surface area contributed by atoms with Gasteiger partial charge in [-0.25, -0.2) is 0 Å². The molecule has 0 spiro atoms. The van der Waals surface area contributed by atoms with Crippen LogP contribution in [0.5, 0.6) is 0 Å². The van der Waals surface area contributed by atoms with Crippen LogP contribution in [0.2, 0.25) is 0 Å². The molecule has 1 saturated carbocycles. The SMILES string of the molecule is CCC(=O)c1cnn(C2CCCCC2CC)c1. The van der Waals surface area contributed by atoms with Gasteiger partial charge >= 0.3 is 0 Å². The maximum Gasteiger partial charge on any atom is 0.165 e. The summed E-state index contributed by atoms with van der Waals surface area (Å²) in [6, 6.07) is 0.507. The standard InChI is InChI=1S/C14H22N2O/c1-3-11-7-5-6-8-13(11)16-10-12(9-15-16)14(17)4-2/h9-11,13H,3-8H2,1-2H3. The number of rotatable bonds is 4. The van der Waals surface area contributed by atoms with Crippen molar-refractivity contribution >= 4 is 5.78 Å². The highest BCUT2D eigenvalue weighted by Crippen LogP contribution is 2.35. The molecule has 1 aromatic rings. The fourth-order valence-corrected chi connectivity index (χ4v) is 2.88. The van der Waals surface area contributed by atoms with Gasteiger partial charge in [0.2, 0.25) is 0 Å². The maximum absolute atomic E-state index is 11.6. The first-order chi connectivity index (χ1) is 8.26. The first-order valence-electron chi connectivity index (χ1n) is 6.83. The van der Waals surface area contributed by atoms with Gasteiger partial charge in [-0.1, -0.05) is 33.1 Å². The van der Waals surface area contributed by atoms with E-state index in [-0.39, 0.29) is 5.78 Å². The highest BCUT2D eigenvalue weighted by atomic mass is 16.1. The van der Waals surface area contributed by atoms with Crippen LogP contribution < -0.4 is 0 Å². The zero-order valence-corrected chi connectivity index (χ0v) is 10.9. The van der Waals surface area contributed by atoms with Gasteiger partial charge < -0.3 is 0 Å². The van der Waals surface area contributed by atoms with Crippen molar-refractivity contribution in [3.8, 4) is 0 Å². The first kappa shape index (κ1) is 12.3. The number of hydrogen-bond donors (Lipinski definition) is 0. The van der Waals surface area contributed by atoms with Gasteiger partial charge in [-0.3, -0.25) is 9.48 Å². The summed E-state index contributed by atoms with van der Waals surface area (Å²) >= 11 is 0. The average molecular weight is 234 g/mol. The monoisotopic (exact) mass is 234 g/mol. The molecule has 1 aliphatic carbocycles. The summed E-state index contributed by atoms with van der Waals surface area (Å²) in [5.41, 5.74) is 0.771. The Kier molecular flexibility index (Phi) is 3.97. The molecule has 0 amide bonds. The first-order valence-corrected chi connectivity index (χ1v) is 6.83. The zero-order valence-electron chi connectivity index (χ0n) is 10.9. The molecule has 17 heavy (non-hydrogen) atoms. The summed E-state index contributed by atoms with van der Waals surface area (Å²) in [5, 5.41) is 4.40. The minimum atomic E-state index is 0.195. The molecule has 1 aromatic heterocycles. The predicted molar refractivity (Wildman–Crippen MR) is 68.1 cm³/mol. The molecule has 2 rings (SSSR count). The Morgan fingerprint density at radius 2 is 2.18 bits per heavy atom. The molecule has 3 nitrogen and oxygen atoms in total. The Morgan fingerprint density at radius 3 is 2.88 bits per heavy atom. The minimum absolute atomic E-state index is 0.195. The second-order valence-corrected chi connectivity index (χ2v) is 5.01. The summed E-state index contributed by atoms with van der Waals surface area (Å²) in [4.78, 5) is 11.6. The normalized spacial score (nSPS) is 24.8. The lowest BCUT2D eigenvalue weighted by molar-refractivity contribution is 0.0988. The fraction of sp³-hybridized carbons (Fsp3) is 0.714. The number of hydrogen-bond acceptors (Lipinski definition) is 2. The number of nitrogens with zero attached hydrogens (tertiary/aromatic N) is 2. The van der Waals surface area contributed by atoms with Crippen LogP contribution in [0.4, 0.5) is 0 Å². The Balaban J connectivity index is 2.15. The van der Waals surface area contributed by atoms with Crippen LogP contribution in [-0.4, -0.2) is 15.6 Å². The third-order valence-corrected chi connectivity index (χ3v) is 3.98. The Hall–Kier alpha value is -1.12. The third kappa shape index (κ3) is 2.59. The molecule has 1 aliphatic rings. The quantitative estimate of drug-likeness (QED) is 0.746. The van der Waals surface area contributed by atoms with Gasteiger partial charge in [-0.15, -0.1) is 0 Å². The van der Waals surface area contributed by atoms with E-state index in [0.29, 0.717) is 12.5 Å². The molecule has 0 N–H and O–H groups in total. The van der Waals surface area contributed by atoms with E-state index in [9.17, 15) is 4.79 Å². The van der Waals surface area contributed by atoms with E-state index >= 15 is 0 Å². The number of aromatic nitrogens is 2. The molecule has 0 radical (unpaired) electrons. The van der Waals surface area contributed by atoms with E-state index in [1.54, 1.807) is 6.20 Å². The summed E-state index contributed by atoms with van der Waals surface area (Å²) in [7, 11) is 0. The number of ketones is 1. The van der Waals surface area contributed by atoms with Crippen molar-refractivity contribution in [2.24, 2.45) is 5.92 Å². The van der Waals surface area contributed by atoms with Crippen LogP contribution in [0.15, 0.2) is 12.4 Å². The highest BCUT2D eigenvalue weighted by molar-refractivity contribution is 5.95. The summed E-state index contributed by atoms with van der Waals surface area (Å²) in [6.45, 7) is 4.15. The van der Waals surface area contributed by atoms with E-state index in [4.69, 9.17) is 0 Å². The molecule has 2 atom stereocenters. The van der Waals surface area contributed by atoms with Gasteiger partial charge in [0.1, 0.15) is 0 Å². The topological polar surface area (TPSA) is 34.9 Å². The second kappa shape index (κ2) is 5.48. The summed E-state index contributed by atoms with van der Waals surface area (Å²) < 4.78 is 2.04. The van der Waals surface area contributed by atoms with E-state index in [2.05, 4.69) is 12.0 Å². The molecule has 2 unspecified atom stereocenters. The lowest BCUT2D eigenvalue weighted by atomic mass is 9.83. The fourth-order valence-electron chi connectivity index (χ4n) is 2.88. The van der Waals surface area contributed by atoms with Crippen molar-refractivity contribution in [1.82, 2.24) is 9.78 Å². The smallest absolute Gasteiger partial charge is 0.165 e. The van der Waals surface area contributed by atoms with E-state index in [1.165, 1.54) is 32.1 Å². The van der Waals surface area contributed by atoms with Gasteiger partial charge in [-0.2, -0.15) is 5.10 Å². The van der Waals surface area contributed by atoms with E-state index in [1.807, 2.05) is 17.8 Å². The van der Waals surface area contributed by atoms with Crippen molar-refractivity contribution in [2.75, 3.05) is 0 Å². The van der Waals surface area contributed by atoms with Crippen LogP contribution in [-0.2, 0) is 0 Å². The molecular formula is C14H22N2O. The number of Topliss-reactive ketones (excluding diaryl/α,β-unsaturated/α-hetero) is 1. The minimum Gasteiger partial charge on any atom is -0.294 e. The molecule has 1 heterocycles. The van der Waals surface area contributed by atoms with E-state index < -0.39 is 0 Å². The van der Waals surface area contributed by atoms with Crippen molar-refractivity contribution in [3.05, 3.63) is 18.0 Å². The Labute approximate surface area is 103 Å². The maximum atomic E-state index is 11.6. The second-order valence-electron chi connectivity index (χ2n) is 5.01. The molecule has 94 valence electrons. The van der Waals surface area contributed by atoms with Crippen LogP contribution in [0, 0.1) is 5.92 Å². The Morgan fingerprint density at radius 1 is 1.41 bits per heavy atom. The molecule has 0 saturated heterocycles. The van der Waals surface area contributed by atoms with Crippen molar-refractivity contribution in [1.29, 1.82) is 0 Å². The number of carbonyl (C=O) groups is 1. The van der Waals surface area contributed by atoms with Crippen LogP contribution >= 0.6 is 0 Å². The van der Waals surface area contributed by atoms with Gasteiger partial charge in [0.25, 0.3) is 0 Å². The van der Waals surface area contributed by atoms with Crippen molar-refractivity contribution in [3.63, 3.8) is 0 Å². The lowest BCUT2D eigenvalue weighted by Gasteiger charge is -2.30. The zero-order chi connectivity index (χ0) is 12.3. The summed E-state index contributed by atoms with van der Waals surface area (Å²) in [5.74, 6) is 0.924. The summed E-state index contributed by atoms with van der Waals surface area (Å²) in [6.07, 6.45) is 10.6. The third-order valence-electron chi connectivity index (χ3n) is 3.98. The van der Waals surface area contributed by atoms with Crippen LogP contribution in [0.1, 0.15) is 68.8 Å². The molecule has 0 aromatic carbocycles. The van der Waals surface area contributed by atoms with Gasteiger partial charge in [0.05, 0.1) is 17.8 Å². The number of carbonyl (C=O) groups excluding carboxylic acids is 1. The molecule has 3 heteroatoms.